The maximum Gasteiger partial charge on any atom is 0.254 e. The highest BCUT2D eigenvalue weighted by molar-refractivity contribution is 6.31. The van der Waals surface area contributed by atoms with Crippen LogP contribution in [0.2, 0.25) is 5.02 Å². The van der Waals surface area contributed by atoms with Crippen molar-refractivity contribution in [3.05, 3.63) is 58.6 Å². The van der Waals surface area contributed by atoms with Gasteiger partial charge in [0.05, 0.1) is 6.54 Å². The Hall–Kier alpha value is -2.53. The van der Waals surface area contributed by atoms with E-state index in [1.807, 2.05) is 31.2 Å². The first kappa shape index (κ1) is 17.3. The smallest absolute Gasteiger partial charge is 0.254 e. The first-order valence-electron chi connectivity index (χ1n) is 8.03. The third-order valence-electron chi connectivity index (χ3n) is 4.06. The average molecular weight is 359 g/mol. The van der Waals surface area contributed by atoms with Crippen LogP contribution >= 0.6 is 11.6 Å². The second-order valence-corrected chi connectivity index (χ2v) is 6.42. The van der Waals surface area contributed by atoms with Crippen LogP contribution < -0.4 is 15.0 Å². The molecule has 6 heteroatoms. The molecule has 0 aromatic heterocycles. The predicted octanol–water partition coefficient (Wildman–Crippen LogP) is 3.25. The fourth-order valence-corrected chi connectivity index (χ4v) is 3.05. The van der Waals surface area contributed by atoms with Gasteiger partial charge in [0, 0.05) is 23.2 Å². The van der Waals surface area contributed by atoms with Gasteiger partial charge in [-0.3, -0.25) is 9.59 Å². The standard InChI is InChI=1S/C19H19ClN2O3/c1-12-3-6-15(7-4-12)25-10-9-22-17-8-5-14(20)11-16(17)18(19(22)24)21-13(2)23/h3-8,11,18H,9-10H2,1-2H3,(H,21,23)/t18-/m0/s1. The number of nitrogens with zero attached hydrogens (tertiary/aromatic N) is 1. The fraction of sp³-hybridized carbons (Fsp3) is 0.263. The molecule has 1 N–H and O–H groups in total. The van der Waals surface area contributed by atoms with Crippen molar-refractivity contribution in [3.63, 3.8) is 0 Å². The number of halogens is 1. The van der Waals surface area contributed by atoms with Crippen LogP contribution in [0.4, 0.5) is 5.69 Å². The van der Waals surface area contributed by atoms with Crippen molar-refractivity contribution in [1.82, 2.24) is 5.32 Å². The molecule has 5 nitrogen and oxygen atoms in total. The molecule has 2 amide bonds. The Kier molecular flexibility index (Phi) is 4.95. The quantitative estimate of drug-likeness (QED) is 0.892. The molecule has 2 aromatic carbocycles. The summed E-state index contributed by atoms with van der Waals surface area (Å²) in [6, 6.07) is 12.3. The minimum absolute atomic E-state index is 0.181. The van der Waals surface area contributed by atoms with E-state index >= 15 is 0 Å². The van der Waals surface area contributed by atoms with Crippen molar-refractivity contribution < 1.29 is 14.3 Å². The zero-order chi connectivity index (χ0) is 18.0. The number of carbonyl (C=O) groups is 2. The monoisotopic (exact) mass is 358 g/mol. The molecule has 0 saturated carbocycles. The van der Waals surface area contributed by atoms with E-state index in [4.69, 9.17) is 16.3 Å². The molecule has 1 aliphatic rings. The van der Waals surface area contributed by atoms with Crippen molar-refractivity contribution in [2.45, 2.75) is 19.9 Å². The second-order valence-electron chi connectivity index (χ2n) is 5.99. The van der Waals surface area contributed by atoms with E-state index in [-0.39, 0.29) is 11.8 Å². The first-order valence-corrected chi connectivity index (χ1v) is 8.41. The van der Waals surface area contributed by atoms with Crippen LogP contribution in [0.5, 0.6) is 5.75 Å². The molecule has 3 rings (SSSR count). The maximum atomic E-state index is 12.7. The van der Waals surface area contributed by atoms with Crippen LogP contribution in [-0.4, -0.2) is 25.0 Å². The summed E-state index contributed by atoms with van der Waals surface area (Å²) in [4.78, 5) is 25.8. The largest absolute Gasteiger partial charge is 0.492 e. The molecule has 0 fully saturated rings. The van der Waals surface area contributed by atoms with Gasteiger partial charge < -0.3 is 15.0 Å². The molecule has 0 spiro atoms. The van der Waals surface area contributed by atoms with Crippen LogP contribution in [0.1, 0.15) is 24.1 Å². The number of ether oxygens (including phenoxy) is 1. The number of nitrogens with one attached hydrogen (secondary N) is 1. The molecule has 0 radical (unpaired) electrons. The Labute approximate surface area is 151 Å². The summed E-state index contributed by atoms with van der Waals surface area (Å²) in [7, 11) is 0. The summed E-state index contributed by atoms with van der Waals surface area (Å²) < 4.78 is 5.72. The van der Waals surface area contributed by atoms with Gasteiger partial charge in [0.1, 0.15) is 18.4 Å². The number of aryl methyl sites for hydroxylation is 1. The lowest BCUT2D eigenvalue weighted by Gasteiger charge is -2.18. The van der Waals surface area contributed by atoms with E-state index in [0.29, 0.717) is 23.7 Å². The molecular formula is C19H19ClN2O3. The van der Waals surface area contributed by atoms with Gasteiger partial charge in [0.15, 0.2) is 0 Å². The third kappa shape index (κ3) is 3.77. The van der Waals surface area contributed by atoms with Crippen molar-refractivity contribution in [3.8, 4) is 5.75 Å². The summed E-state index contributed by atoms with van der Waals surface area (Å²) in [6.45, 7) is 4.14. The van der Waals surface area contributed by atoms with Crippen molar-refractivity contribution >= 4 is 29.1 Å². The topological polar surface area (TPSA) is 58.6 Å². The van der Waals surface area contributed by atoms with Crippen LogP contribution in [0.3, 0.4) is 0 Å². The fourth-order valence-electron chi connectivity index (χ4n) is 2.87. The second kappa shape index (κ2) is 7.15. The maximum absolute atomic E-state index is 12.7. The summed E-state index contributed by atoms with van der Waals surface area (Å²) >= 11 is 6.05. The third-order valence-corrected chi connectivity index (χ3v) is 4.29. The highest BCUT2D eigenvalue weighted by Gasteiger charge is 2.37. The zero-order valence-electron chi connectivity index (χ0n) is 14.1. The van der Waals surface area contributed by atoms with Crippen LogP contribution in [0.25, 0.3) is 0 Å². The number of rotatable bonds is 5. The predicted molar refractivity (Wildman–Crippen MR) is 97.0 cm³/mol. The molecular weight excluding hydrogens is 340 g/mol. The van der Waals surface area contributed by atoms with E-state index in [1.54, 1.807) is 23.1 Å². The molecule has 0 saturated heterocycles. The number of benzene rings is 2. The van der Waals surface area contributed by atoms with E-state index < -0.39 is 6.04 Å². The molecule has 130 valence electrons. The lowest BCUT2D eigenvalue weighted by molar-refractivity contribution is -0.126. The molecule has 0 bridgehead atoms. The highest BCUT2D eigenvalue weighted by atomic mass is 35.5. The lowest BCUT2D eigenvalue weighted by atomic mass is 10.1. The van der Waals surface area contributed by atoms with Crippen molar-refractivity contribution in [2.24, 2.45) is 0 Å². The Morgan fingerprint density at radius 1 is 1.24 bits per heavy atom. The number of fused-ring (bicyclic) bond motifs is 1. The minimum atomic E-state index is -0.703. The van der Waals surface area contributed by atoms with E-state index in [0.717, 1.165) is 17.0 Å². The molecule has 1 atom stereocenters. The number of hydrogen-bond acceptors (Lipinski definition) is 3. The van der Waals surface area contributed by atoms with E-state index in [9.17, 15) is 9.59 Å². The molecule has 25 heavy (non-hydrogen) atoms. The molecule has 0 unspecified atom stereocenters. The van der Waals surface area contributed by atoms with Crippen LogP contribution in [0.15, 0.2) is 42.5 Å². The molecule has 0 aliphatic carbocycles. The van der Waals surface area contributed by atoms with E-state index in [1.165, 1.54) is 6.92 Å². The summed E-state index contributed by atoms with van der Waals surface area (Å²) in [6.07, 6.45) is 0. The van der Waals surface area contributed by atoms with Crippen LogP contribution in [0, 0.1) is 6.92 Å². The van der Waals surface area contributed by atoms with Gasteiger partial charge in [0.25, 0.3) is 5.91 Å². The van der Waals surface area contributed by atoms with Gasteiger partial charge in [-0.05, 0) is 37.3 Å². The normalized spacial score (nSPS) is 15.9. The summed E-state index contributed by atoms with van der Waals surface area (Å²) in [5.74, 6) is 0.314. The van der Waals surface area contributed by atoms with Gasteiger partial charge in [0.2, 0.25) is 5.91 Å². The van der Waals surface area contributed by atoms with Gasteiger partial charge in [-0.1, -0.05) is 29.3 Å². The molecule has 1 heterocycles. The molecule has 2 aromatic rings. The first-order chi connectivity index (χ1) is 12.0. The number of hydrogen-bond donors (Lipinski definition) is 1. The summed E-state index contributed by atoms with van der Waals surface area (Å²) in [5.41, 5.74) is 2.62. The average Bonchev–Trinajstić information content (AvgIpc) is 2.81. The van der Waals surface area contributed by atoms with E-state index in [2.05, 4.69) is 5.32 Å². The zero-order valence-corrected chi connectivity index (χ0v) is 14.8. The Balaban J connectivity index is 1.74. The van der Waals surface area contributed by atoms with Gasteiger partial charge in [-0.25, -0.2) is 0 Å². The Bertz CT molecular complexity index is 805. The molecule has 1 aliphatic heterocycles. The minimum Gasteiger partial charge on any atom is -0.492 e. The lowest BCUT2D eigenvalue weighted by Crippen LogP contribution is -2.38. The van der Waals surface area contributed by atoms with Gasteiger partial charge in [-0.15, -0.1) is 0 Å². The Morgan fingerprint density at radius 3 is 2.64 bits per heavy atom. The van der Waals surface area contributed by atoms with Gasteiger partial charge >= 0.3 is 0 Å². The van der Waals surface area contributed by atoms with Gasteiger partial charge in [-0.2, -0.15) is 0 Å². The SMILES string of the molecule is CC(=O)N[C@@H]1C(=O)N(CCOc2ccc(C)cc2)c2ccc(Cl)cc21. The van der Waals surface area contributed by atoms with Crippen molar-refractivity contribution in [2.75, 3.05) is 18.1 Å². The van der Waals surface area contributed by atoms with Crippen molar-refractivity contribution in [1.29, 1.82) is 0 Å². The number of amides is 2. The Morgan fingerprint density at radius 2 is 1.96 bits per heavy atom. The number of anilines is 1. The number of carbonyl (C=O) groups excluding carboxylic acids is 2. The highest BCUT2D eigenvalue weighted by Crippen LogP contribution is 2.37. The summed E-state index contributed by atoms with van der Waals surface area (Å²) in [5, 5.41) is 3.22. The van der Waals surface area contributed by atoms with Crippen LogP contribution in [-0.2, 0) is 9.59 Å².